The van der Waals surface area contributed by atoms with E-state index in [1.165, 1.54) is 43.4 Å². The Balaban J connectivity index is 1.03. The predicted octanol–water partition coefficient (Wildman–Crippen LogP) is 14.2. The van der Waals surface area contributed by atoms with E-state index in [9.17, 15) is 0 Å². The monoisotopic (exact) mass is 750 g/mol. The van der Waals surface area contributed by atoms with Crippen LogP contribution >= 0.6 is 0 Å². The summed E-state index contributed by atoms with van der Waals surface area (Å²) >= 11 is 0. The lowest BCUT2D eigenvalue weighted by molar-refractivity contribution is 1.18. The number of hydrogen-bond acceptors (Lipinski definition) is 3. The molecule has 12 aromatic rings. The highest BCUT2D eigenvalue weighted by Gasteiger charge is 2.20. The summed E-state index contributed by atoms with van der Waals surface area (Å²) in [6, 6.07) is 73.2. The number of hydrogen-bond donors (Lipinski definition) is 0. The van der Waals surface area contributed by atoms with Gasteiger partial charge in [0.05, 0.1) is 33.6 Å². The van der Waals surface area contributed by atoms with E-state index < -0.39 is 0 Å². The van der Waals surface area contributed by atoms with Crippen molar-refractivity contribution in [3.05, 3.63) is 206 Å². The van der Waals surface area contributed by atoms with Gasteiger partial charge in [-0.3, -0.25) is 0 Å². The van der Waals surface area contributed by atoms with Crippen LogP contribution in [0, 0.1) is 0 Å². The zero-order valence-electron chi connectivity index (χ0n) is 31.9. The molecule has 4 nitrogen and oxygen atoms in total. The van der Waals surface area contributed by atoms with Crippen LogP contribution in [0.5, 0.6) is 0 Å². The van der Waals surface area contributed by atoms with Crippen molar-refractivity contribution in [2.24, 2.45) is 0 Å². The molecule has 12 rings (SSSR count). The van der Waals surface area contributed by atoms with Gasteiger partial charge in [0.2, 0.25) is 0 Å². The van der Waals surface area contributed by atoms with Crippen LogP contribution in [0.3, 0.4) is 0 Å². The summed E-state index contributed by atoms with van der Waals surface area (Å²) in [4.78, 5) is 15.8. The van der Waals surface area contributed by atoms with Crippen molar-refractivity contribution < 1.29 is 0 Å². The van der Waals surface area contributed by atoms with Crippen LogP contribution in [0.1, 0.15) is 0 Å². The molecule has 0 spiro atoms. The Hall–Kier alpha value is -7.95. The number of aromatic nitrogens is 4. The average molecular weight is 751 g/mol. The maximum Gasteiger partial charge on any atom is 0.160 e. The molecule has 0 aliphatic carbocycles. The van der Waals surface area contributed by atoms with Crippen LogP contribution < -0.4 is 0 Å². The second kappa shape index (κ2) is 13.3. The summed E-state index contributed by atoms with van der Waals surface area (Å²) in [6.07, 6.45) is 0. The molecule has 0 aliphatic heterocycles. The summed E-state index contributed by atoms with van der Waals surface area (Å²) in [6.45, 7) is 0. The second-order valence-corrected chi connectivity index (χ2v) is 15.2. The van der Waals surface area contributed by atoms with E-state index in [1.54, 1.807) is 0 Å². The largest absolute Gasteiger partial charge is 0.309 e. The summed E-state index contributed by atoms with van der Waals surface area (Å²) in [5, 5.41) is 10.7. The molecular formula is C55H34N4. The van der Waals surface area contributed by atoms with Gasteiger partial charge >= 0.3 is 0 Å². The van der Waals surface area contributed by atoms with Gasteiger partial charge in [0.1, 0.15) is 0 Å². The van der Waals surface area contributed by atoms with E-state index in [1.807, 2.05) is 0 Å². The Kier molecular flexibility index (Phi) is 7.50. The fourth-order valence-corrected chi connectivity index (χ4v) is 8.92. The van der Waals surface area contributed by atoms with Crippen molar-refractivity contribution in [3.8, 4) is 50.8 Å². The van der Waals surface area contributed by atoms with E-state index in [0.717, 1.165) is 66.7 Å². The topological polar surface area (TPSA) is 43.6 Å². The Bertz CT molecular complexity index is 3510. The maximum absolute atomic E-state index is 5.35. The van der Waals surface area contributed by atoms with E-state index in [-0.39, 0.29) is 0 Å². The molecule has 3 heterocycles. The number of benzene rings is 9. The van der Waals surface area contributed by atoms with Crippen LogP contribution in [0.2, 0.25) is 0 Å². The molecule has 0 unspecified atom stereocenters. The van der Waals surface area contributed by atoms with Crippen LogP contribution in [0.15, 0.2) is 206 Å². The summed E-state index contributed by atoms with van der Waals surface area (Å²) < 4.78 is 2.38. The molecular weight excluding hydrogens is 717 g/mol. The van der Waals surface area contributed by atoms with E-state index >= 15 is 0 Å². The molecule has 4 heteroatoms. The molecule has 0 radical (unpaired) electrons. The van der Waals surface area contributed by atoms with Crippen LogP contribution in [0.4, 0.5) is 0 Å². The van der Waals surface area contributed by atoms with Crippen molar-refractivity contribution in [1.82, 2.24) is 19.5 Å². The van der Waals surface area contributed by atoms with Gasteiger partial charge in [0.25, 0.3) is 0 Å². The molecule has 0 fully saturated rings. The standard InChI is InChI=1S/C55H34N4/c1-2-16-43(17-3-1)59-50-21-11-9-19-45(50)53-51(59)31-30-46-52(53)44-18-8-10-20-47(44)56-54(46)38-26-24-37(25-27-38)48-34-49(41-28-22-35-12-4-6-14-39(35)32-41)58-55(57-48)42-29-23-36-13-5-7-15-40(36)33-42/h1-34H. The normalized spacial score (nSPS) is 11.7. The highest BCUT2D eigenvalue weighted by molar-refractivity contribution is 6.29. The molecule has 0 saturated heterocycles. The third-order valence-corrected chi connectivity index (χ3v) is 11.7. The number of nitrogens with zero attached hydrogens (tertiary/aromatic N) is 4. The summed E-state index contributed by atoms with van der Waals surface area (Å²) in [5.74, 6) is 0.696. The minimum absolute atomic E-state index is 0.696. The van der Waals surface area contributed by atoms with Crippen molar-refractivity contribution in [2.45, 2.75) is 0 Å². The molecule has 9 aromatic carbocycles. The Morgan fingerprint density at radius 1 is 0.322 bits per heavy atom. The fourth-order valence-electron chi connectivity index (χ4n) is 8.92. The van der Waals surface area contributed by atoms with Gasteiger partial charge in [-0.25, -0.2) is 15.0 Å². The minimum atomic E-state index is 0.696. The van der Waals surface area contributed by atoms with Gasteiger partial charge in [0.15, 0.2) is 5.82 Å². The first-order chi connectivity index (χ1) is 29.2. The summed E-state index contributed by atoms with van der Waals surface area (Å²) in [7, 11) is 0. The van der Waals surface area contributed by atoms with Gasteiger partial charge in [-0.05, 0) is 70.1 Å². The van der Waals surface area contributed by atoms with Crippen molar-refractivity contribution >= 4 is 65.0 Å². The fraction of sp³-hybridized carbons (Fsp3) is 0. The molecule has 0 aliphatic rings. The van der Waals surface area contributed by atoms with Gasteiger partial charge in [0, 0.05) is 54.9 Å². The van der Waals surface area contributed by atoms with Gasteiger partial charge < -0.3 is 4.57 Å². The van der Waals surface area contributed by atoms with E-state index in [2.05, 4.69) is 211 Å². The third kappa shape index (κ3) is 5.49. The van der Waals surface area contributed by atoms with Crippen LogP contribution in [-0.2, 0) is 0 Å². The molecule has 59 heavy (non-hydrogen) atoms. The minimum Gasteiger partial charge on any atom is -0.309 e. The number of para-hydroxylation sites is 3. The van der Waals surface area contributed by atoms with E-state index in [4.69, 9.17) is 15.0 Å². The molecule has 0 atom stereocenters. The molecule has 274 valence electrons. The van der Waals surface area contributed by atoms with E-state index in [0.29, 0.717) is 5.82 Å². The van der Waals surface area contributed by atoms with Crippen LogP contribution in [-0.4, -0.2) is 19.5 Å². The first-order valence-corrected chi connectivity index (χ1v) is 20.0. The SMILES string of the molecule is c1ccc(-n2c3ccccc3c3c4c(ccc32)c(-c2ccc(-c3cc(-c5ccc6ccccc6c5)nc(-c5ccc6ccccc6c5)n3)cc2)nc2ccccc24)cc1. The second-order valence-electron chi connectivity index (χ2n) is 15.2. The molecule has 3 aromatic heterocycles. The smallest absolute Gasteiger partial charge is 0.160 e. The Morgan fingerprint density at radius 3 is 1.66 bits per heavy atom. The van der Waals surface area contributed by atoms with Gasteiger partial charge in [-0.15, -0.1) is 0 Å². The van der Waals surface area contributed by atoms with Gasteiger partial charge in [-0.1, -0.05) is 158 Å². The lowest BCUT2D eigenvalue weighted by atomic mass is 9.95. The lowest BCUT2D eigenvalue weighted by Crippen LogP contribution is -1.96. The lowest BCUT2D eigenvalue weighted by Gasteiger charge is -2.13. The highest BCUT2D eigenvalue weighted by atomic mass is 15.0. The first kappa shape index (κ1) is 33.2. The Morgan fingerprint density at radius 2 is 0.898 bits per heavy atom. The molecule has 0 saturated carbocycles. The van der Waals surface area contributed by atoms with Crippen LogP contribution in [0.25, 0.3) is 116 Å². The molecule has 0 bridgehead atoms. The zero-order valence-corrected chi connectivity index (χ0v) is 31.9. The third-order valence-electron chi connectivity index (χ3n) is 11.7. The number of fused-ring (bicyclic) bond motifs is 9. The molecule has 0 N–H and O–H groups in total. The van der Waals surface area contributed by atoms with Crippen molar-refractivity contribution in [2.75, 3.05) is 0 Å². The first-order valence-electron chi connectivity index (χ1n) is 20.0. The quantitative estimate of drug-likeness (QED) is 0.165. The number of pyridine rings is 1. The van der Waals surface area contributed by atoms with Crippen molar-refractivity contribution in [3.63, 3.8) is 0 Å². The molecule has 0 amide bonds. The summed E-state index contributed by atoms with van der Waals surface area (Å²) in [5.41, 5.74) is 11.3. The number of rotatable bonds is 5. The Labute approximate surface area is 340 Å². The van der Waals surface area contributed by atoms with Gasteiger partial charge in [-0.2, -0.15) is 0 Å². The van der Waals surface area contributed by atoms with Crippen molar-refractivity contribution in [1.29, 1.82) is 0 Å². The maximum atomic E-state index is 5.35. The highest BCUT2D eigenvalue weighted by Crippen LogP contribution is 2.42. The average Bonchev–Trinajstić information content (AvgIpc) is 3.65. The zero-order chi connectivity index (χ0) is 38.9. The predicted molar refractivity (Wildman–Crippen MR) is 246 cm³/mol.